The molecule has 1 aliphatic heterocycles. The first-order chi connectivity index (χ1) is 12.0. The van der Waals surface area contributed by atoms with Crippen LogP contribution in [0.1, 0.15) is 41.9 Å². The van der Waals surface area contributed by atoms with E-state index >= 15 is 0 Å². The van der Waals surface area contributed by atoms with Gasteiger partial charge < -0.3 is 5.32 Å². The van der Waals surface area contributed by atoms with Gasteiger partial charge in [-0.05, 0) is 32.2 Å². The predicted molar refractivity (Wildman–Crippen MR) is 96.7 cm³/mol. The molecule has 2 aromatic heterocycles. The molecule has 3 rings (SSSR count). The van der Waals surface area contributed by atoms with E-state index in [1.165, 1.54) is 24.7 Å². The Kier molecular flexibility index (Phi) is 5.60. The number of piperidine rings is 1. The monoisotopic (exact) mass is 361 g/mol. The van der Waals surface area contributed by atoms with Crippen molar-refractivity contribution in [3.05, 3.63) is 29.0 Å². The number of rotatable bonds is 6. The highest BCUT2D eigenvalue weighted by Crippen LogP contribution is 2.24. The molecule has 0 aliphatic carbocycles. The van der Waals surface area contributed by atoms with Gasteiger partial charge in [-0.3, -0.25) is 19.2 Å². The van der Waals surface area contributed by atoms with Gasteiger partial charge in [0.1, 0.15) is 0 Å². The topological polar surface area (TPSA) is 80.1 Å². The van der Waals surface area contributed by atoms with Crippen molar-refractivity contribution in [3.63, 3.8) is 0 Å². The molecule has 1 N–H and O–H groups in total. The minimum atomic E-state index is -0.0944. The first-order valence-corrected chi connectivity index (χ1v) is 9.29. The lowest BCUT2D eigenvalue weighted by Crippen LogP contribution is -2.36. The summed E-state index contributed by atoms with van der Waals surface area (Å²) in [4.78, 5) is 30.3. The average Bonchev–Trinajstić information content (AvgIpc) is 3.17. The molecule has 1 atom stereocenters. The highest BCUT2D eigenvalue weighted by Gasteiger charge is 2.21. The molecule has 0 saturated carbocycles. The van der Waals surface area contributed by atoms with Crippen molar-refractivity contribution < 1.29 is 9.59 Å². The second-order valence-electron chi connectivity index (χ2n) is 6.56. The lowest BCUT2D eigenvalue weighted by atomic mass is 9.98. The summed E-state index contributed by atoms with van der Waals surface area (Å²) >= 11 is 1.53. The number of nitrogens with zero attached hydrogens (tertiary/aromatic N) is 4. The number of thiazole rings is 1. The molecule has 0 aromatic carbocycles. The van der Waals surface area contributed by atoms with E-state index in [-0.39, 0.29) is 11.7 Å². The van der Waals surface area contributed by atoms with E-state index in [4.69, 9.17) is 0 Å². The Balaban J connectivity index is 1.54. The molecule has 1 amide bonds. The third kappa shape index (κ3) is 4.96. The Labute approximate surface area is 151 Å². The molecular weight excluding hydrogens is 338 g/mol. The Morgan fingerprint density at radius 1 is 1.36 bits per heavy atom. The number of nitrogens with one attached hydrogen (secondary N) is 1. The van der Waals surface area contributed by atoms with Crippen molar-refractivity contribution in [2.75, 3.05) is 18.4 Å². The fourth-order valence-corrected chi connectivity index (χ4v) is 4.06. The number of aromatic nitrogens is 3. The quantitative estimate of drug-likeness (QED) is 0.799. The van der Waals surface area contributed by atoms with Crippen LogP contribution in [0.25, 0.3) is 0 Å². The number of ketones is 1. The number of likely N-dealkylation sites (tertiary alicyclic amines) is 1. The van der Waals surface area contributed by atoms with E-state index in [1.54, 1.807) is 13.1 Å². The van der Waals surface area contributed by atoms with Crippen LogP contribution in [0, 0.1) is 5.92 Å². The second-order valence-corrected chi connectivity index (χ2v) is 7.68. The molecule has 0 spiro atoms. The van der Waals surface area contributed by atoms with Crippen LogP contribution in [0.15, 0.2) is 18.6 Å². The molecule has 3 heterocycles. The van der Waals surface area contributed by atoms with Crippen LogP contribution in [0.4, 0.5) is 5.13 Å². The number of amides is 1. The fraction of sp³-hybridized carbons (Fsp3) is 0.529. The maximum absolute atomic E-state index is 11.4. The van der Waals surface area contributed by atoms with E-state index in [2.05, 4.69) is 20.3 Å². The molecule has 1 saturated heterocycles. The zero-order valence-corrected chi connectivity index (χ0v) is 15.4. The Morgan fingerprint density at radius 2 is 2.20 bits per heavy atom. The normalized spacial score (nSPS) is 18.2. The van der Waals surface area contributed by atoms with Gasteiger partial charge in [0, 0.05) is 43.8 Å². The van der Waals surface area contributed by atoms with E-state index in [0.29, 0.717) is 16.6 Å². The van der Waals surface area contributed by atoms with Gasteiger partial charge in [0.15, 0.2) is 10.9 Å². The van der Waals surface area contributed by atoms with Crippen molar-refractivity contribution in [3.8, 4) is 0 Å². The molecule has 1 fully saturated rings. The molecule has 0 radical (unpaired) electrons. The van der Waals surface area contributed by atoms with Crippen molar-refractivity contribution in [2.45, 2.75) is 39.8 Å². The third-order valence-electron chi connectivity index (χ3n) is 4.30. The number of hydrogen-bond donors (Lipinski definition) is 1. The molecule has 7 nitrogen and oxygen atoms in total. The van der Waals surface area contributed by atoms with Crippen molar-refractivity contribution in [1.29, 1.82) is 0 Å². The SMILES string of the molecule is CC(=O)Nc1ncc(CN2CCCC(Cn3cc(C(C)=O)cn3)C2)s1. The summed E-state index contributed by atoms with van der Waals surface area (Å²) in [6.07, 6.45) is 7.65. The predicted octanol–water partition coefficient (Wildman–Crippen LogP) is 2.41. The third-order valence-corrected chi connectivity index (χ3v) is 5.20. The standard InChI is InChI=1S/C17H23N5O2S/c1-12(23)15-6-19-22(10-15)9-14-4-3-5-21(8-14)11-16-7-18-17(25-16)20-13(2)24/h6-7,10,14H,3-5,8-9,11H2,1-2H3,(H,18,20,24). The Hall–Kier alpha value is -2.06. The van der Waals surface area contributed by atoms with Crippen LogP contribution >= 0.6 is 11.3 Å². The van der Waals surface area contributed by atoms with E-state index in [1.807, 2.05) is 17.1 Å². The number of carbonyl (C=O) groups excluding carboxylic acids is 2. The molecule has 25 heavy (non-hydrogen) atoms. The maximum atomic E-state index is 11.4. The summed E-state index contributed by atoms with van der Waals surface area (Å²) in [6.45, 7) is 6.82. The second kappa shape index (κ2) is 7.88. The molecular formula is C17H23N5O2S. The summed E-state index contributed by atoms with van der Waals surface area (Å²) in [5, 5.41) is 7.68. The van der Waals surface area contributed by atoms with Gasteiger partial charge in [-0.25, -0.2) is 4.98 Å². The summed E-state index contributed by atoms with van der Waals surface area (Å²) in [7, 11) is 0. The van der Waals surface area contributed by atoms with Crippen LogP contribution in [0.3, 0.4) is 0 Å². The summed E-state index contributed by atoms with van der Waals surface area (Å²) in [5.41, 5.74) is 0.669. The Morgan fingerprint density at radius 3 is 2.92 bits per heavy atom. The molecule has 2 aromatic rings. The molecule has 8 heteroatoms. The van der Waals surface area contributed by atoms with Gasteiger partial charge in [-0.2, -0.15) is 5.10 Å². The molecule has 1 unspecified atom stereocenters. The van der Waals surface area contributed by atoms with Crippen LogP contribution in [0.2, 0.25) is 0 Å². The smallest absolute Gasteiger partial charge is 0.223 e. The fourth-order valence-electron chi connectivity index (χ4n) is 3.16. The lowest BCUT2D eigenvalue weighted by molar-refractivity contribution is -0.114. The average molecular weight is 361 g/mol. The summed E-state index contributed by atoms with van der Waals surface area (Å²) < 4.78 is 1.88. The minimum Gasteiger partial charge on any atom is -0.302 e. The van der Waals surface area contributed by atoms with Crippen LogP contribution in [0.5, 0.6) is 0 Å². The van der Waals surface area contributed by atoms with Crippen LogP contribution in [-0.2, 0) is 17.9 Å². The molecule has 0 bridgehead atoms. The van der Waals surface area contributed by atoms with Crippen molar-refractivity contribution in [1.82, 2.24) is 19.7 Å². The minimum absolute atomic E-state index is 0.0525. The summed E-state index contributed by atoms with van der Waals surface area (Å²) in [5.74, 6) is 0.482. The molecule has 134 valence electrons. The first-order valence-electron chi connectivity index (χ1n) is 8.47. The van der Waals surface area contributed by atoms with Crippen molar-refractivity contribution >= 4 is 28.2 Å². The zero-order chi connectivity index (χ0) is 17.8. The van der Waals surface area contributed by atoms with Gasteiger partial charge in [-0.1, -0.05) is 0 Å². The van der Waals surface area contributed by atoms with E-state index in [9.17, 15) is 9.59 Å². The first kappa shape index (κ1) is 17.8. The van der Waals surface area contributed by atoms with Gasteiger partial charge in [0.05, 0.1) is 11.8 Å². The number of Topliss-reactive ketones (excluding diaryl/α,β-unsaturated/α-hetero) is 1. The zero-order valence-electron chi connectivity index (χ0n) is 14.6. The molecule has 1 aliphatic rings. The lowest BCUT2D eigenvalue weighted by Gasteiger charge is -2.32. The Bertz CT molecular complexity index is 754. The van der Waals surface area contributed by atoms with Gasteiger partial charge in [-0.15, -0.1) is 11.3 Å². The largest absolute Gasteiger partial charge is 0.302 e. The number of hydrogen-bond acceptors (Lipinski definition) is 6. The van der Waals surface area contributed by atoms with Crippen molar-refractivity contribution in [2.24, 2.45) is 5.92 Å². The number of anilines is 1. The highest BCUT2D eigenvalue weighted by atomic mass is 32.1. The maximum Gasteiger partial charge on any atom is 0.223 e. The van der Waals surface area contributed by atoms with Crippen LogP contribution in [-0.4, -0.2) is 44.4 Å². The van der Waals surface area contributed by atoms with Crippen LogP contribution < -0.4 is 5.32 Å². The van der Waals surface area contributed by atoms with E-state index in [0.717, 1.165) is 37.5 Å². The number of carbonyl (C=O) groups is 2. The summed E-state index contributed by atoms with van der Waals surface area (Å²) in [6, 6.07) is 0. The van der Waals surface area contributed by atoms with Gasteiger partial charge >= 0.3 is 0 Å². The van der Waals surface area contributed by atoms with Gasteiger partial charge in [0.2, 0.25) is 5.91 Å². The van der Waals surface area contributed by atoms with Gasteiger partial charge in [0.25, 0.3) is 0 Å². The highest BCUT2D eigenvalue weighted by molar-refractivity contribution is 7.15. The van der Waals surface area contributed by atoms with E-state index < -0.39 is 0 Å².